The molecule has 2 aromatic rings. The number of ether oxygens (including phenoxy) is 3. The standard InChI is InChI=1S/C20H20O7S/c1-3-25-20(22)19(14-6-9-17-18(10-14)27-12-26-17)16(11-21)13-4-7-15(8-5-13)28(2,23)24/h4-11,16,19H,3,12H2,1-2H3. The van der Waals surface area contributed by atoms with Crippen molar-refractivity contribution in [3.63, 3.8) is 0 Å². The number of fused-ring (bicyclic) bond motifs is 1. The second kappa shape index (κ2) is 8.02. The molecule has 0 amide bonds. The highest BCUT2D eigenvalue weighted by Gasteiger charge is 2.33. The Morgan fingerprint density at radius 1 is 1.11 bits per heavy atom. The quantitative estimate of drug-likeness (QED) is 0.517. The van der Waals surface area contributed by atoms with Gasteiger partial charge in [0.2, 0.25) is 6.79 Å². The predicted octanol–water partition coefficient (Wildman–Crippen LogP) is 2.45. The van der Waals surface area contributed by atoms with Gasteiger partial charge in [0.15, 0.2) is 21.3 Å². The lowest BCUT2D eigenvalue weighted by molar-refractivity contribution is -0.146. The van der Waals surface area contributed by atoms with Crippen LogP contribution in [0.3, 0.4) is 0 Å². The van der Waals surface area contributed by atoms with Crippen molar-refractivity contribution in [1.82, 2.24) is 0 Å². The number of carbonyl (C=O) groups is 2. The number of hydrogen-bond acceptors (Lipinski definition) is 7. The Hall–Kier alpha value is -2.87. The van der Waals surface area contributed by atoms with Gasteiger partial charge in [-0.2, -0.15) is 0 Å². The number of aldehydes is 1. The molecule has 0 saturated carbocycles. The molecule has 148 valence electrons. The van der Waals surface area contributed by atoms with Crippen LogP contribution in [0, 0.1) is 0 Å². The van der Waals surface area contributed by atoms with Crippen molar-refractivity contribution in [3.8, 4) is 11.5 Å². The van der Waals surface area contributed by atoms with Gasteiger partial charge in [-0.15, -0.1) is 0 Å². The zero-order valence-corrected chi connectivity index (χ0v) is 16.3. The van der Waals surface area contributed by atoms with Crippen LogP contribution in [0.15, 0.2) is 47.4 Å². The average Bonchev–Trinajstić information content (AvgIpc) is 3.13. The predicted molar refractivity (Wildman–Crippen MR) is 100 cm³/mol. The van der Waals surface area contributed by atoms with Gasteiger partial charge in [-0.3, -0.25) is 4.79 Å². The van der Waals surface area contributed by atoms with Crippen LogP contribution in [0.5, 0.6) is 11.5 Å². The summed E-state index contributed by atoms with van der Waals surface area (Å²) in [7, 11) is -3.37. The second-order valence-electron chi connectivity index (χ2n) is 6.35. The first-order valence-corrected chi connectivity index (χ1v) is 10.6. The molecule has 1 aliphatic rings. The first-order chi connectivity index (χ1) is 13.3. The lowest BCUT2D eigenvalue weighted by Crippen LogP contribution is -2.24. The van der Waals surface area contributed by atoms with E-state index in [0.717, 1.165) is 6.26 Å². The molecular formula is C20H20O7S. The molecule has 8 heteroatoms. The monoisotopic (exact) mass is 404 g/mol. The van der Waals surface area contributed by atoms with Gasteiger partial charge < -0.3 is 19.0 Å². The first kappa shape index (κ1) is 19.9. The summed E-state index contributed by atoms with van der Waals surface area (Å²) in [6.07, 6.45) is 1.77. The third kappa shape index (κ3) is 4.01. The van der Waals surface area contributed by atoms with E-state index < -0.39 is 27.6 Å². The van der Waals surface area contributed by atoms with Gasteiger partial charge in [0.05, 0.1) is 23.3 Å². The molecule has 0 aromatic heterocycles. The Balaban J connectivity index is 2.02. The minimum atomic E-state index is -3.37. The molecule has 1 heterocycles. The van der Waals surface area contributed by atoms with Crippen LogP contribution in [0.4, 0.5) is 0 Å². The van der Waals surface area contributed by atoms with E-state index in [9.17, 15) is 18.0 Å². The fourth-order valence-corrected chi connectivity index (χ4v) is 3.75. The molecular weight excluding hydrogens is 384 g/mol. The largest absolute Gasteiger partial charge is 0.465 e. The summed E-state index contributed by atoms with van der Waals surface area (Å²) >= 11 is 0. The van der Waals surface area contributed by atoms with Crippen LogP contribution in [0.2, 0.25) is 0 Å². The first-order valence-electron chi connectivity index (χ1n) is 8.66. The SMILES string of the molecule is CCOC(=O)C(c1ccc2c(c1)OCO2)C(C=O)c1ccc(S(C)(=O)=O)cc1. The van der Waals surface area contributed by atoms with Gasteiger partial charge in [-0.25, -0.2) is 8.42 Å². The van der Waals surface area contributed by atoms with Gasteiger partial charge >= 0.3 is 5.97 Å². The van der Waals surface area contributed by atoms with Crippen molar-refractivity contribution in [3.05, 3.63) is 53.6 Å². The molecule has 3 rings (SSSR count). The van der Waals surface area contributed by atoms with Gasteiger partial charge in [-0.1, -0.05) is 18.2 Å². The maximum Gasteiger partial charge on any atom is 0.314 e. The molecule has 2 unspecified atom stereocenters. The topological polar surface area (TPSA) is 96.0 Å². The molecule has 1 aliphatic heterocycles. The van der Waals surface area contributed by atoms with Gasteiger partial charge in [0.1, 0.15) is 6.29 Å². The number of carbonyl (C=O) groups excluding carboxylic acids is 2. The highest BCUT2D eigenvalue weighted by Crippen LogP contribution is 2.39. The second-order valence-corrected chi connectivity index (χ2v) is 8.36. The highest BCUT2D eigenvalue weighted by molar-refractivity contribution is 7.90. The van der Waals surface area contributed by atoms with Crippen molar-refractivity contribution >= 4 is 22.1 Å². The zero-order chi connectivity index (χ0) is 20.3. The van der Waals surface area contributed by atoms with E-state index in [-0.39, 0.29) is 18.3 Å². The Morgan fingerprint density at radius 3 is 2.36 bits per heavy atom. The molecule has 0 fully saturated rings. The summed E-state index contributed by atoms with van der Waals surface area (Å²) in [4.78, 5) is 24.8. The number of esters is 1. The smallest absolute Gasteiger partial charge is 0.314 e. The normalized spacial score (nSPS) is 14.9. The maximum absolute atomic E-state index is 12.7. The highest BCUT2D eigenvalue weighted by atomic mass is 32.2. The minimum Gasteiger partial charge on any atom is -0.465 e. The maximum atomic E-state index is 12.7. The molecule has 0 aliphatic carbocycles. The van der Waals surface area contributed by atoms with E-state index in [0.29, 0.717) is 28.9 Å². The number of sulfone groups is 1. The third-order valence-corrected chi connectivity index (χ3v) is 5.62. The Bertz CT molecular complexity index is 980. The molecule has 7 nitrogen and oxygen atoms in total. The molecule has 0 spiro atoms. The van der Waals surface area contributed by atoms with Crippen LogP contribution in [-0.4, -0.2) is 40.3 Å². The molecule has 28 heavy (non-hydrogen) atoms. The van der Waals surface area contributed by atoms with E-state index in [1.165, 1.54) is 24.3 Å². The van der Waals surface area contributed by atoms with Crippen molar-refractivity contribution < 1.29 is 32.2 Å². The van der Waals surface area contributed by atoms with E-state index in [4.69, 9.17) is 14.2 Å². The Labute approximate surface area is 163 Å². The summed E-state index contributed by atoms with van der Waals surface area (Å²) in [5, 5.41) is 0. The number of benzene rings is 2. The van der Waals surface area contributed by atoms with Gasteiger partial charge in [0.25, 0.3) is 0 Å². The molecule has 0 N–H and O–H groups in total. The average molecular weight is 404 g/mol. The van der Waals surface area contributed by atoms with Gasteiger partial charge in [-0.05, 0) is 42.3 Å². The molecule has 0 saturated heterocycles. The molecule has 2 atom stereocenters. The molecule has 0 radical (unpaired) electrons. The van der Waals surface area contributed by atoms with E-state index in [1.54, 1.807) is 25.1 Å². The van der Waals surface area contributed by atoms with Crippen LogP contribution in [-0.2, 0) is 24.2 Å². The van der Waals surface area contributed by atoms with Crippen molar-refractivity contribution in [2.24, 2.45) is 0 Å². The Kier molecular flexibility index (Phi) is 5.69. The van der Waals surface area contributed by atoms with Crippen molar-refractivity contribution in [2.75, 3.05) is 19.7 Å². The summed E-state index contributed by atoms with van der Waals surface area (Å²) in [5.74, 6) is -1.26. The van der Waals surface area contributed by atoms with Gasteiger partial charge in [0, 0.05) is 6.26 Å². The van der Waals surface area contributed by atoms with E-state index in [1.807, 2.05) is 0 Å². The van der Waals surface area contributed by atoms with Crippen LogP contribution < -0.4 is 9.47 Å². The van der Waals surface area contributed by atoms with Crippen molar-refractivity contribution in [2.45, 2.75) is 23.7 Å². The van der Waals surface area contributed by atoms with Crippen molar-refractivity contribution in [1.29, 1.82) is 0 Å². The van der Waals surface area contributed by atoms with E-state index >= 15 is 0 Å². The Morgan fingerprint density at radius 2 is 1.75 bits per heavy atom. The fourth-order valence-electron chi connectivity index (χ4n) is 3.12. The summed E-state index contributed by atoms with van der Waals surface area (Å²) in [6.45, 7) is 1.94. The third-order valence-electron chi connectivity index (χ3n) is 4.50. The lowest BCUT2D eigenvalue weighted by atomic mass is 9.82. The minimum absolute atomic E-state index is 0.0902. The summed E-state index contributed by atoms with van der Waals surface area (Å²) < 4.78 is 39.2. The summed E-state index contributed by atoms with van der Waals surface area (Å²) in [5.41, 5.74) is 1.06. The number of hydrogen-bond donors (Lipinski definition) is 0. The molecule has 2 aromatic carbocycles. The number of rotatable bonds is 7. The van der Waals surface area contributed by atoms with E-state index in [2.05, 4.69) is 0 Å². The summed E-state index contributed by atoms with van der Waals surface area (Å²) in [6, 6.07) is 10.9. The lowest BCUT2D eigenvalue weighted by Gasteiger charge is -2.22. The van der Waals surface area contributed by atoms with Crippen LogP contribution in [0.25, 0.3) is 0 Å². The molecule has 0 bridgehead atoms. The fraction of sp³-hybridized carbons (Fsp3) is 0.300. The zero-order valence-electron chi connectivity index (χ0n) is 15.5. The van der Waals surface area contributed by atoms with Crippen LogP contribution >= 0.6 is 0 Å². The van der Waals surface area contributed by atoms with Crippen LogP contribution in [0.1, 0.15) is 29.9 Å².